The lowest BCUT2D eigenvalue weighted by atomic mass is 10.2. The molecular formula is C15H9ClN4O5. The lowest BCUT2D eigenvalue weighted by molar-refractivity contribution is -0.385. The van der Waals surface area contributed by atoms with Gasteiger partial charge in [-0.25, -0.2) is 4.79 Å². The molecule has 3 rings (SSSR count). The number of hydrogen-bond acceptors (Lipinski definition) is 8. The zero-order valence-electron chi connectivity index (χ0n) is 12.5. The first-order chi connectivity index (χ1) is 12.0. The fourth-order valence-electron chi connectivity index (χ4n) is 1.96. The zero-order chi connectivity index (χ0) is 17.8. The standard InChI is InChI=1S/C15H9ClN4O5/c16-10-3-4-12(20(22)23)11(6-10)15(21)24-8-13-18-14(19-25-13)9-2-1-5-17-7-9/h1-7H,8H2. The number of carbonyl (C=O) groups is 1. The number of ether oxygens (including phenoxy) is 1. The number of hydrogen-bond donors (Lipinski definition) is 0. The van der Waals surface area contributed by atoms with Crippen LogP contribution in [0.5, 0.6) is 0 Å². The van der Waals surface area contributed by atoms with E-state index in [4.69, 9.17) is 20.9 Å². The van der Waals surface area contributed by atoms with E-state index in [0.717, 1.165) is 12.1 Å². The highest BCUT2D eigenvalue weighted by molar-refractivity contribution is 6.31. The molecule has 2 aromatic heterocycles. The Morgan fingerprint density at radius 2 is 2.20 bits per heavy atom. The van der Waals surface area contributed by atoms with Gasteiger partial charge < -0.3 is 9.26 Å². The van der Waals surface area contributed by atoms with E-state index in [1.54, 1.807) is 24.5 Å². The third-order valence-electron chi connectivity index (χ3n) is 3.09. The Labute approximate surface area is 145 Å². The summed E-state index contributed by atoms with van der Waals surface area (Å²) in [4.78, 5) is 30.4. The van der Waals surface area contributed by atoms with E-state index in [1.165, 1.54) is 6.07 Å². The number of rotatable bonds is 5. The van der Waals surface area contributed by atoms with Gasteiger partial charge in [0.15, 0.2) is 6.61 Å². The summed E-state index contributed by atoms with van der Waals surface area (Å²) in [5, 5.41) is 14.9. The Balaban J connectivity index is 1.72. The minimum absolute atomic E-state index is 0.0388. The van der Waals surface area contributed by atoms with Crippen molar-refractivity contribution in [1.29, 1.82) is 0 Å². The lowest BCUT2D eigenvalue weighted by Crippen LogP contribution is -2.08. The molecule has 0 saturated carbocycles. The minimum atomic E-state index is -0.921. The summed E-state index contributed by atoms with van der Waals surface area (Å²) in [5.41, 5.74) is -0.0326. The highest BCUT2D eigenvalue weighted by Crippen LogP contribution is 2.24. The van der Waals surface area contributed by atoms with Gasteiger partial charge in [0.2, 0.25) is 5.82 Å². The maximum Gasteiger partial charge on any atom is 0.345 e. The molecule has 0 fully saturated rings. The number of pyridine rings is 1. The lowest BCUT2D eigenvalue weighted by Gasteiger charge is -2.03. The number of esters is 1. The van der Waals surface area contributed by atoms with Gasteiger partial charge in [0.1, 0.15) is 5.56 Å². The fourth-order valence-corrected chi connectivity index (χ4v) is 2.13. The molecule has 0 saturated heterocycles. The molecule has 3 aromatic rings. The normalized spacial score (nSPS) is 10.4. The number of halogens is 1. The predicted octanol–water partition coefficient (Wildman–Crippen LogP) is 3.05. The van der Waals surface area contributed by atoms with E-state index in [-0.39, 0.29) is 28.9 Å². The summed E-state index contributed by atoms with van der Waals surface area (Å²) in [6.07, 6.45) is 3.15. The van der Waals surface area contributed by atoms with E-state index in [1.807, 2.05) is 0 Å². The van der Waals surface area contributed by atoms with Crippen molar-refractivity contribution in [3.63, 3.8) is 0 Å². The molecule has 10 heteroatoms. The molecule has 1 aromatic carbocycles. The molecule has 0 atom stereocenters. The molecule has 126 valence electrons. The number of nitrogens with zero attached hydrogens (tertiary/aromatic N) is 4. The second kappa shape index (κ2) is 7.05. The van der Waals surface area contributed by atoms with Crippen LogP contribution < -0.4 is 0 Å². The molecule has 0 aliphatic rings. The van der Waals surface area contributed by atoms with Gasteiger partial charge in [0.05, 0.1) is 4.92 Å². The van der Waals surface area contributed by atoms with Crippen LogP contribution in [0.2, 0.25) is 5.02 Å². The molecule has 0 radical (unpaired) electrons. The van der Waals surface area contributed by atoms with Gasteiger partial charge in [-0.2, -0.15) is 4.98 Å². The number of carbonyl (C=O) groups excluding carboxylic acids is 1. The van der Waals surface area contributed by atoms with E-state index in [9.17, 15) is 14.9 Å². The Bertz CT molecular complexity index is 929. The first-order valence-corrected chi connectivity index (χ1v) is 7.26. The van der Waals surface area contributed by atoms with Crippen LogP contribution in [0.25, 0.3) is 11.4 Å². The van der Waals surface area contributed by atoms with E-state index in [2.05, 4.69) is 15.1 Å². The van der Waals surface area contributed by atoms with Crippen molar-refractivity contribution in [3.05, 3.63) is 69.3 Å². The van der Waals surface area contributed by atoms with E-state index in [0.29, 0.717) is 5.56 Å². The van der Waals surface area contributed by atoms with Crippen molar-refractivity contribution in [2.75, 3.05) is 0 Å². The Morgan fingerprint density at radius 1 is 1.36 bits per heavy atom. The monoisotopic (exact) mass is 360 g/mol. The van der Waals surface area contributed by atoms with Gasteiger partial charge in [0, 0.05) is 29.0 Å². The Hall–Kier alpha value is -3.33. The van der Waals surface area contributed by atoms with Crippen LogP contribution in [-0.4, -0.2) is 26.0 Å². The second-order valence-electron chi connectivity index (χ2n) is 4.75. The zero-order valence-corrected chi connectivity index (χ0v) is 13.2. The third kappa shape index (κ3) is 3.78. The quantitative estimate of drug-likeness (QED) is 0.386. The predicted molar refractivity (Wildman–Crippen MR) is 84.8 cm³/mol. The van der Waals surface area contributed by atoms with Crippen molar-refractivity contribution in [3.8, 4) is 11.4 Å². The number of aromatic nitrogens is 3. The molecule has 0 N–H and O–H groups in total. The molecular weight excluding hydrogens is 352 g/mol. The molecule has 0 aliphatic carbocycles. The topological polar surface area (TPSA) is 121 Å². The van der Waals surface area contributed by atoms with Crippen molar-refractivity contribution in [2.24, 2.45) is 0 Å². The van der Waals surface area contributed by atoms with Crippen LogP contribution in [0, 0.1) is 10.1 Å². The highest BCUT2D eigenvalue weighted by atomic mass is 35.5. The first-order valence-electron chi connectivity index (χ1n) is 6.88. The molecule has 0 amide bonds. The molecule has 0 unspecified atom stereocenters. The molecule has 9 nitrogen and oxygen atoms in total. The van der Waals surface area contributed by atoms with Crippen LogP contribution in [0.15, 0.2) is 47.2 Å². The van der Waals surface area contributed by atoms with Gasteiger partial charge in [-0.3, -0.25) is 15.1 Å². The first kappa shape index (κ1) is 16.5. The van der Waals surface area contributed by atoms with Crippen molar-refractivity contribution >= 4 is 23.3 Å². The van der Waals surface area contributed by atoms with Crippen molar-refractivity contribution < 1.29 is 19.0 Å². The summed E-state index contributed by atoms with van der Waals surface area (Å²) < 4.78 is 9.98. The summed E-state index contributed by atoms with van der Waals surface area (Å²) in [7, 11) is 0. The van der Waals surface area contributed by atoms with Gasteiger partial charge in [-0.1, -0.05) is 16.8 Å². The second-order valence-corrected chi connectivity index (χ2v) is 5.18. The van der Waals surface area contributed by atoms with Crippen molar-refractivity contribution in [1.82, 2.24) is 15.1 Å². The van der Waals surface area contributed by atoms with Crippen LogP contribution in [0.4, 0.5) is 5.69 Å². The Kier molecular flexibility index (Phi) is 4.66. The maximum atomic E-state index is 12.1. The van der Waals surface area contributed by atoms with Crippen LogP contribution in [0.3, 0.4) is 0 Å². The smallest absolute Gasteiger partial charge is 0.345 e. The van der Waals surface area contributed by atoms with E-state index >= 15 is 0 Å². The molecule has 0 aliphatic heterocycles. The van der Waals surface area contributed by atoms with Gasteiger partial charge in [0.25, 0.3) is 11.6 Å². The number of benzene rings is 1. The SMILES string of the molecule is O=C(OCc1nc(-c2cccnc2)no1)c1cc(Cl)ccc1[N+](=O)[O-]. The fraction of sp³-hybridized carbons (Fsp3) is 0.0667. The molecule has 0 spiro atoms. The molecule has 2 heterocycles. The van der Waals surface area contributed by atoms with Gasteiger partial charge in [-0.05, 0) is 24.3 Å². The van der Waals surface area contributed by atoms with Gasteiger partial charge in [-0.15, -0.1) is 0 Å². The largest absolute Gasteiger partial charge is 0.452 e. The maximum absolute atomic E-state index is 12.1. The van der Waals surface area contributed by atoms with Crippen LogP contribution in [-0.2, 0) is 11.3 Å². The average Bonchev–Trinajstić information content (AvgIpc) is 3.09. The number of nitro benzene ring substituents is 1. The van der Waals surface area contributed by atoms with Crippen LogP contribution >= 0.6 is 11.6 Å². The average molecular weight is 361 g/mol. The summed E-state index contributed by atoms with van der Waals surface area (Å²) in [6.45, 7) is -0.338. The summed E-state index contributed by atoms with van der Waals surface area (Å²) in [6, 6.07) is 7.06. The summed E-state index contributed by atoms with van der Waals surface area (Å²) >= 11 is 5.78. The molecule has 0 bridgehead atoms. The highest BCUT2D eigenvalue weighted by Gasteiger charge is 2.22. The number of nitro groups is 1. The third-order valence-corrected chi connectivity index (χ3v) is 3.32. The van der Waals surface area contributed by atoms with Crippen LogP contribution in [0.1, 0.15) is 16.2 Å². The Morgan fingerprint density at radius 3 is 2.92 bits per heavy atom. The molecule has 25 heavy (non-hydrogen) atoms. The van der Waals surface area contributed by atoms with Gasteiger partial charge >= 0.3 is 5.97 Å². The van der Waals surface area contributed by atoms with E-state index < -0.39 is 16.6 Å². The summed E-state index contributed by atoms with van der Waals surface area (Å²) in [5.74, 6) is -0.597. The minimum Gasteiger partial charge on any atom is -0.452 e. The van der Waals surface area contributed by atoms with Crippen molar-refractivity contribution in [2.45, 2.75) is 6.61 Å².